The fraction of sp³-hybridized carbons (Fsp3) is 0.529. The first-order valence-corrected chi connectivity index (χ1v) is 7.36. The standard InChI is InChI=1S/C17H25NO3/c1-6-9-20-16-10-14(7-8-15(16)12(4)18)21-17(11(2)3)13(5)19/h7-8,10-11,17-18H,6,9H2,1-5H3. The van der Waals surface area contributed by atoms with Gasteiger partial charge in [0.25, 0.3) is 0 Å². The summed E-state index contributed by atoms with van der Waals surface area (Å²) in [5.74, 6) is 1.34. The molecule has 21 heavy (non-hydrogen) atoms. The SMILES string of the molecule is CCCOc1cc(OC(C(C)=O)C(C)C)ccc1C(C)=N. The highest BCUT2D eigenvalue weighted by Crippen LogP contribution is 2.27. The molecule has 0 aliphatic carbocycles. The molecule has 0 aliphatic heterocycles. The van der Waals surface area contributed by atoms with E-state index < -0.39 is 6.10 Å². The van der Waals surface area contributed by atoms with E-state index in [1.807, 2.05) is 20.8 Å². The zero-order valence-corrected chi connectivity index (χ0v) is 13.5. The molecule has 116 valence electrons. The third-order valence-corrected chi connectivity index (χ3v) is 3.09. The van der Waals surface area contributed by atoms with Crippen molar-refractivity contribution < 1.29 is 14.3 Å². The van der Waals surface area contributed by atoms with Gasteiger partial charge in [-0.25, -0.2) is 0 Å². The number of hydrogen-bond acceptors (Lipinski definition) is 4. The molecule has 4 heteroatoms. The number of hydrogen-bond donors (Lipinski definition) is 1. The number of Topliss-reactive ketones (excluding diaryl/α,β-unsaturated/α-hetero) is 1. The van der Waals surface area contributed by atoms with Crippen molar-refractivity contribution in [3.63, 3.8) is 0 Å². The second-order valence-corrected chi connectivity index (χ2v) is 5.52. The fourth-order valence-electron chi connectivity index (χ4n) is 2.05. The second-order valence-electron chi connectivity index (χ2n) is 5.52. The number of carbonyl (C=O) groups is 1. The molecule has 1 N–H and O–H groups in total. The monoisotopic (exact) mass is 291 g/mol. The lowest BCUT2D eigenvalue weighted by atomic mass is 10.0. The van der Waals surface area contributed by atoms with Crippen LogP contribution in [0.3, 0.4) is 0 Å². The van der Waals surface area contributed by atoms with E-state index in [1.165, 1.54) is 6.92 Å². The molecule has 0 aromatic heterocycles. The van der Waals surface area contributed by atoms with Gasteiger partial charge in [-0.15, -0.1) is 0 Å². The van der Waals surface area contributed by atoms with Crippen LogP contribution in [0.1, 0.15) is 46.6 Å². The highest BCUT2D eigenvalue weighted by atomic mass is 16.5. The predicted molar refractivity (Wildman–Crippen MR) is 84.7 cm³/mol. The molecular formula is C17H25NO3. The van der Waals surface area contributed by atoms with E-state index in [9.17, 15) is 4.79 Å². The minimum Gasteiger partial charge on any atom is -0.493 e. The number of ketones is 1. The topological polar surface area (TPSA) is 59.4 Å². The van der Waals surface area contributed by atoms with Gasteiger partial charge in [-0.05, 0) is 38.3 Å². The van der Waals surface area contributed by atoms with Gasteiger partial charge >= 0.3 is 0 Å². The minimum absolute atomic E-state index is 0.00772. The lowest BCUT2D eigenvalue weighted by molar-refractivity contribution is -0.125. The maximum Gasteiger partial charge on any atom is 0.170 e. The highest BCUT2D eigenvalue weighted by molar-refractivity contribution is 5.99. The van der Waals surface area contributed by atoms with Crippen molar-refractivity contribution in [3.8, 4) is 11.5 Å². The number of carbonyl (C=O) groups excluding carboxylic acids is 1. The van der Waals surface area contributed by atoms with Crippen molar-refractivity contribution >= 4 is 11.5 Å². The van der Waals surface area contributed by atoms with E-state index in [0.29, 0.717) is 23.8 Å². The van der Waals surface area contributed by atoms with Crippen molar-refractivity contribution in [1.82, 2.24) is 0 Å². The van der Waals surface area contributed by atoms with Crippen LogP contribution in [0.4, 0.5) is 0 Å². The second kappa shape index (κ2) is 7.81. The van der Waals surface area contributed by atoms with Crippen LogP contribution < -0.4 is 9.47 Å². The molecule has 1 rings (SSSR count). The van der Waals surface area contributed by atoms with Crippen molar-refractivity contribution in [2.75, 3.05) is 6.61 Å². The van der Waals surface area contributed by atoms with Gasteiger partial charge in [0.1, 0.15) is 11.5 Å². The summed E-state index contributed by atoms with van der Waals surface area (Å²) < 4.78 is 11.5. The maximum atomic E-state index is 11.6. The molecule has 0 saturated carbocycles. The molecule has 0 heterocycles. The maximum absolute atomic E-state index is 11.6. The third-order valence-electron chi connectivity index (χ3n) is 3.09. The smallest absolute Gasteiger partial charge is 0.170 e. The summed E-state index contributed by atoms with van der Waals surface area (Å²) in [7, 11) is 0. The van der Waals surface area contributed by atoms with Gasteiger partial charge < -0.3 is 14.9 Å². The van der Waals surface area contributed by atoms with E-state index in [1.54, 1.807) is 25.1 Å². The first-order chi connectivity index (χ1) is 9.86. The van der Waals surface area contributed by atoms with E-state index in [2.05, 4.69) is 0 Å². The Morgan fingerprint density at radius 3 is 2.43 bits per heavy atom. The molecule has 0 saturated heterocycles. The normalized spacial score (nSPS) is 12.1. The molecule has 4 nitrogen and oxygen atoms in total. The largest absolute Gasteiger partial charge is 0.493 e. The van der Waals surface area contributed by atoms with Crippen molar-refractivity contribution in [1.29, 1.82) is 5.41 Å². The van der Waals surface area contributed by atoms with Crippen LogP contribution in [0.2, 0.25) is 0 Å². The Morgan fingerprint density at radius 2 is 1.95 bits per heavy atom. The van der Waals surface area contributed by atoms with Crippen LogP contribution in [0.25, 0.3) is 0 Å². The molecule has 0 aliphatic rings. The van der Waals surface area contributed by atoms with Gasteiger partial charge in [-0.1, -0.05) is 20.8 Å². The highest BCUT2D eigenvalue weighted by Gasteiger charge is 2.21. The van der Waals surface area contributed by atoms with Crippen LogP contribution in [0, 0.1) is 11.3 Å². The number of benzene rings is 1. The Balaban J connectivity index is 3.03. The van der Waals surface area contributed by atoms with Crippen LogP contribution in [0.5, 0.6) is 11.5 Å². The van der Waals surface area contributed by atoms with Crippen LogP contribution in [-0.2, 0) is 4.79 Å². The first-order valence-electron chi connectivity index (χ1n) is 7.36. The van der Waals surface area contributed by atoms with Crippen LogP contribution >= 0.6 is 0 Å². The zero-order valence-electron chi connectivity index (χ0n) is 13.5. The number of rotatable bonds is 8. The Kier molecular flexibility index (Phi) is 6.40. The summed E-state index contributed by atoms with van der Waals surface area (Å²) in [6.45, 7) is 9.79. The van der Waals surface area contributed by atoms with E-state index in [4.69, 9.17) is 14.9 Å². The van der Waals surface area contributed by atoms with E-state index in [-0.39, 0.29) is 11.7 Å². The average Bonchev–Trinajstić information content (AvgIpc) is 2.41. The van der Waals surface area contributed by atoms with Gasteiger partial charge in [0.05, 0.1) is 6.61 Å². The lowest BCUT2D eigenvalue weighted by Gasteiger charge is -2.21. The molecule has 1 aromatic carbocycles. The molecule has 1 aromatic rings. The van der Waals surface area contributed by atoms with Crippen molar-refractivity contribution in [2.24, 2.45) is 5.92 Å². The van der Waals surface area contributed by atoms with Crippen molar-refractivity contribution in [3.05, 3.63) is 23.8 Å². The third kappa shape index (κ3) is 4.88. The van der Waals surface area contributed by atoms with Crippen LogP contribution in [-0.4, -0.2) is 24.2 Å². The summed E-state index contributed by atoms with van der Waals surface area (Å²) in [4.78, 5) is 11.6. The van der Waals surface area contributed by atoms with Gasteiger partial charge in [0.2, 0.25) is 0 Å². The summed E-state index contributed by atoms with van der Waals surface area (Å²) in [6, 6.07) is 5.35. The summed E-state index contributed by atoms with van der Waals surface area (Å²) in [6.07, 6.45) is 0.430. The zero-order chi connectivity index (χ0) is 16.0. The number of nitrogens with one attached hydrogen (secondary N) is 1. The molecular weight excluding hydrogens is 266 g/mol. The van der Waals surface area contributed by atoms with Crippen LogP contribution in [0.15, 0.2) is 18.2 Å². The Bertz CT molecular complexity index is 509. The summed E-state index contributed by atoms with van der Waals surface area (Å²) >= 11 is 0. The molecule has 0 bridgehead atoms. The Hall–Kier alpha value is -1.84. The molecule has 1 atom stereocenters. The summed E-state index contributed by atoms with van der Waals surface area (Å²) in [5.41, 5.74) is 1.19. The molecule has 0 amide bonds. The summed E-state index contributed by atoms with van der Waals surface area (Å²) in [5, 5.41) is 7.79. The average molecular weight is 291 g/mol. The number of ether oxygens (including phenoxy) is 2. The Labute approximate surface area is 127 Å². The van der Waals surface area contributed by atoms with E-state index in [0.717, 1.165) is 12.0 Å². The first kappa shape index (κ1) is 17.2. The van der Waals surface area contributed by atoms with Gasteiger partial charge in [0, 0.05) is 17.3 Å². The predicted octanol–water partition coefficient (Wildman–Crippen LogP) is 3.86. The van der Waals surface area contributed by atoms with E-state index >= 15 is 0 Å². The minimum atomic E-state index is -0.462. The van der Waals surface area contributed by atoms with Crippen molar-refractivity contribution in [2.45, 2.75) is 47.1 Å². The van der Waals surface area contributed by atoms with Gasteiger partial charge in [-0.2, -0.15) is 0 Å². The molecule has 0 spiro atoms. The van der Waals surface area contributed by atoms with Gasteiger partial charge in [-0.3, -0.25) is 4.79 Å². The Morgan fingerprint density at radius 1 is 1.29 bits per heavy atom. The quantitative estimate of drug-likeness (QED) is 0.740. The molecule has 1 unspecified atom stereocenters. The molecule has 0 fully saturated rings. The fourth-order valence-corrected chi connectivity index (χ4v) is 2.05. The molecule has 0 radical (unpaired) electrons. The lowest BCUT2D eigenvalue weighted by Crippen LogP contribution is -2.30. The van der Waals surface area contributed by atoms with Gasteiger partial charge in [0.15, 0.2) is 11.9 Å².